The lowest BCUT2D eigenvalue weighted by Crippen LogP contribution is -2.41. The van der Waals surface area contributed by atoms with Crippen LogP contribution in [0.1, 0.15) is 30.6 Å². The smallest absolute Gasteiger partial charge is 0.220 e. The van der Waals surface area contributed by atoms with Crippen molar-refractivity contribution in [2.24, 2.45) is 5.92 Å². The summed E-state index contributed by atoms with van der Waals surface area (Å²) in [4.78, 5) is 0. The van der Waals surface area contributed by atoms with E-state index in [2.05, 4.69) is 51.0 Å². The Morgan fingerprint density at radius 3 is 2.50 bits per heavy atom. The van der Waals surface area contributed by atoms with Crippen molar-refractivity contribution in [3.05, 3.63) is 70.8 Å². The van der Waals surface area contributed by atoms with Crippen molar-refractivity contribution in [1.29, 1.82) is 0 Å². The number of sulfonamides is 1. The zero-order valence-corrected chi connectivity index (χ0v) is 18.4. The fourth-order valence-corrected chi connectivity index (χ4v) is 6.12. The molecule has 1 aliphatic rings. The van der Waals surface area contributed by atoms with Crippen molar-refractivity contribution in [2.45, 2.75) is 31.6 Å². The fraction of sp³-hybridized carbons (Fsp3) is 0.364. The first-order valence-electron chi connectivity index (χ1n) is 9.73. The summed E-state index contributed by atoms with van der Waals surface area (Å²) in [6.07, 6.45) is 3.94. The van der Waals surface area contributed by atoms with E-state index in [0.29, 0.717) is 19.0 Å². The van der Waals surface area contributed by atoms with Gasteiger partial charge in [-0.15, -0.1) is 0 Å². The molecule has 148 valence electrons. The third-order valence-corrected chi connectivity index (χ3v) is 8.58. The van der Waals surface area contributed by atoms with Crippen LogP contribution in [0.4, 0.5) is 0 Å². The van der Waals surface area contributed by atoms with Gasteiger partial charge in [-0.1, -0.05) is 46.3 Å². The van der Waals surface area contributed by atoms with Crippen molar-refractivity contribution >= 4 is 36.9 Å². The van der Waals surface area contributed by atoms with Crippen LogP contribution in [-0.2, 0) is 16.6 Å². The van der Waals surface area contributed by atoms with Crippen molar-refractivity contribution in [1.82, 2.24) is 8.87 Å². The Morgan fingerprint density at radius 1 is 1.07 bits per heavy atom. The summed E-state index contributed by atoms with van der Waals surface area (Å²) >= 11 is 3.52. The maximum Gasteiger partial charge on any atom is 0.220 e. The monoisotopic (exact) mass is 460 g/mol. The van der Waals surface area contributed by atoms with Gasteiger partial charge in [0, 0.05) is 41.2 Å². The molecule has 1 aliphatic heterocycles. The molecule has 0 amide bonds. The third-order valence-electron chi connectivity index (χ3n) is 5.84. The number of piperidine rings is 1. The van der Waals surface area contributed by atoms with Gasteiger partial charge in [-0.3, -0.25) is 0 Å². The second-order valence-corrected chi connectivity index (χ2v) is 10.8. The van der Waals surface area contributed by atoms with E-state index in [1.807, 2.05) is 30.3 Å². The minimum Gasteiger partial charge on any atom is -0.347 e. The number of hydrogen-bond donors (Lipinski definition) is 0. The SMILES string of the molecule is CC(c1ccccc1)S(=O)(=O)N1CCC(Cn2ccc3cc(Br)ccc32)CC1. The molecule has 28 heavy (non-hydrogen) atoms. The molecule has 1 fully saturated rings. The predicted molar refractivity (Wildman–Crippen MR) is 118 cm³/mol. The van der Waals surface area contributed by atoms with Crippen LogP contribution in [-0.4, -0.2) is 30.4 Å². The highest BCUT2D eigenvalue weighted by atomic mass is 79.9. The van der Waals surface area contributed by atoms with Crippen molar-refractivity contribution < 1.29 is 8.42 Å². The van der Waals surface area contributed by atoms with E-state index in [0.717, 1.165) is 29.4 Å². The molecule has 1 atom stereocenters. The molecule has 1 saturated heterocycles. The molecule has 3 aromatic rings. The standard InChI is InChI=1S/C22H25BrN2O2S/c1-17(19-5-3-2-4-6-19)28(26,27)25-13-9-18(10-14-25)16-24-12-11-20-15-21(23)7-8-22(20)24/h2-8,11-12,15,17-18H,9-10,13-14,16H2,1H3. The van der Waals surface area contributed by atoms with Gasteiger partial charge in [0.15, 0.2) is 0 Å². The average molecular weight is 461 g/mol. The van der Waals surface area contributed by atoms with Crippen molar-refractivity contribution in [3.8, 4) is 0 Å². The fourth-order valence-electron chi connectivity index (χ4n) is 4.07. The number of fused-ring (bicyclic) bond motifs is 1. The van der Waals surface area contributed by atoms with Crippen LogP contribution >= 0.6 is 15.9 Å². The highest BCUT2D eigenvalue weighted by Crippen LogP contribution is 2.30. The van der Waals surface area contributed by atoms with E-state index in [1.54, 1.807) is 11.2 Å². The molecule has 1 unspecified atom stereocenters. The van der Waals surface area contributed by atoms with Crippen LogP contribution in [0, 0.1) is 5.92 Å². The highest BCUT2D eigenvalue weighted by molar-refractivity contribution is 9.10. The quantitative estimate of drug-likeness (QED) is 0.524. The molecule has 6 heteroatoms. The van der Waals surface area contributed by atoms with Crippen LogP contribution in [0.5, 0.6) is 0 Å². The van der Waals surface area contributed by atoms with Crippen LogP contribution in [0.2, 0.25) is 0 Å². The Morgan fingerprint density at radius 2 is 1.79 bits per heavy atom. The summed E-state index contributed by atoms with van der Waals surface area (Å²) in [5.41, 5.74) is 2.09. The number of hydrogen-bond acceptors (Lipinski definition) is 2. The lowest BCUT2D eigenvalue weighted by molar-refractivity contribution is 0.253. The molecule has 4 nitrogen and oxygen atoms in total. The third kappa shape index (κ3) is 3.91. The van der Waals surface area contributed by atoms with Gasteiger partial charge in [0.25, 0.3) is 0 Å². The predicted octanol–water partition coefficient (Wildman–Crippen LogP) is 5.21. The van der Waals surface area contributed by atoms with Crippen LogP contribution < -0.4 is 0 Å². The van der Waals surface area contributed by atoms with E-state index in [-0.39, 0.29) is 0 Å². The number of rotatable bonds is 5. The summed E-state index contributed by atoms with van der Waals surface area (Å²) in [5, 5.41) is 0.725. The molecule has 0 saturated carbocycles. The lowest BCUT2D eigenvalue weighted by Gasteiger charge is -2.33. The van der Waals surface area contributed by atoms with Gasteiger partial charge >= 0.3 is 0 Å². The summed E-state index contributed by atoms with van der Waals surface area (Å²) in [7, 11) is -3.32. The summed E-state index contributed by atoms with van der Waals surface area (Å²) < 4.78 is 31.1. The molecule has 0 bridgehead atoms. The molecule has 2 heterocycles. The van der Waals surface area contributed by atoms with Crippen LogP contribution in [0.25, 0.3) is 10.9 Å². The first-order chi connectivity index (χ1) is 13.4. The van der Waals surface area contributed by atoms with Gasteiger partial charge in [0.2, 0.25) is 10.0 Å². The van der Waals surface area contributed by atoms with Gasteiger partial charge < -0.3 is 4.57 Å². The van der Waals surface area contributed by atoms with E-state index in [1.165, 1.54) is 10.9 Å². The number of aromatic nitrogens is 1. The van der Waals surface area contributed by atoms with Crippen molar-refractivity contribution in [2.75, 3.05) is 13.1 Å². The summed E-state index contributed by atoms with van der Waals surface area (Å²) in [6, 6.07) is 18.0. The zero-order valence-electron chi connectivity index (χ0n) is 16.0. The molecular weight excluding hydrogens is 436 g/mol. The van der Waals surface area contributed by atoms with Gasteiger partial charge in [-0.05, 0) is 55.5 Å². The normalized spacial score (nSPS) is 17.8. The molecule has 4 rings (SSSR count). The maximum atomic E-state index is 13.0. The molecule has 1 aromatic heterocycles. The number of nitrogens with zero attached hydrogens (tertiary/aromatic N) is 2. The summed E-state index contributed by atoms with van der Waals surface area (Å²) in [6.45, 7) is 3.94. The Balaban J connectivity index is 1.41. The minimum absolute atomic E-state index is 0.498. The first-order valence-corrected chi connectivity index (χ1v) is 12.0. The van der Waals surface area contributed by atoms with Crippen molar-refractivity contribution in [3.63, 3.8) is 0 Å². The van der Waals surface area contributed by atoms with Gasteiger partial charge in [-0.2, -0.15) is 0 Å². The second kappa shape index (κ2) is 8.01. The topological polar surface area (TPSA) is 42.3 Å². The Bertz CT molecular complexity index is 1050. The maximum absolute atomic E-state index is 13.0. The molecule has 0 radical (unpaired) electrons. The van der Waals surface area contributed by atoms with E-state index < -0.39 is 15.3 Å². The van der Waals surface area contributed by atoms with Gasteiger partial charge in [-0.25, -0.2) is 12.7 Å². The first kappa shape index (κ1) is 19.7. The second-order valence-electron chi connectivity index (χ2n) is 7.61. The Labute approximate surface area is 175 Å². The van der Waals surface area contributed by atoms with E-state index in [9.17, 15) is 8.42 Å². The number of benzene rings is 2. The van der Waals surface area contributed by atoms with E-state index >= 15 is 0 Å². The molecular formula is C22H25BrN2O2S. The van der Waals surface area contributed by atoms with Crippen LogP contribution in [0.3, 0.4) is 0 Å². The zero-order chi connectivity index (χ0) is 19.7. The molecule has 0 aliphatic carbocycles. The minimum atomic E-state index is -3.32. The van der Waals surface area contributed by atoms with Gasteiger partial charge in [0.1, 0.15) is 0 Å². The number of halogens is 1. The Hall–Kier alpha value is -1.63. The van der Waals surface area contributed by atoms with E-state index in [4.69, 9.17) is 0 Å². The molecule has 0 N–H and O–H groups in total. The van der Waals surface area contributed by atoms with Crippen LogP contribution in [0.15, 0.2) is 65.3 Å². The molecule has 0 spiro atoms. The summed E-state index contributed by atoms with van der Waals surface area (Å²) in [5.74, 6) is 0.498. The molecule has 2 aromatic carbocycles. The van der Waals surface area contributed by atoms with Gasteiger partial charge in [0.05, 0.1) is 5.25 Å². The Kier molecular flexibility index (Phi) is 5.63. The average Bonchev–Trinajstić information content (AvgIpc) is 3.10. The highest BCUT2D eigenvalue weighted by Gasteiger charge is 2.33. The lowest BCUT2D eigenvalue weighted by atomic mass is 9.98. The largest absolute Gasteiger partial charge is 0.347 e.